The van der Waals surface area contributed by atoms with Crippen molar-refractivity contribution in [2.24, 2.45) is 0 Å². The molecule has 0 aliphatic heterocycles. The first-order valence-electron chi connectivity index (χ1n) is 3.02. The van der Waals surface area contributed by atoms with E-state index >= 15 is 0 Å². The maximum atomic E-state index is 10.7. The second-order valence-corrected chi connectivity index (χ2v) is 4.62. The summed E-state index contributed by atoms with van der Waals surface area (Å²) < 4.78 is 28.6. The molecule has 0 fully saturated rings. The summed E-state index contributed by atoms with van der Waals surface area (Å²) in [5, 5.41) is 0.550. The van der Waals surface area contributed by atoms with E-state index in [-0.39, 0.29) is 6.04 Å². The number of methoxy groups -OCH3 is 1. The zero-order valence-electron chi connectivity index (χ0n) is 6.50. The lowest BCUT2D eigenvalue weighted by Crippen LogP contribution is -2.38. The summed E-state index contributed by atoms with van der Waals surface area (Å²) in [5.74, 6) is 0. The maximum absolute atomic E-state index is 10.7. The Kier molecular flexibility index (Phi) is 5.24. The van der Waals surface area contributed by atoms with Gasteiger partial charge < -0.3 is 4.74 Å². The van der Waals surface area contributed by atoms with Gasteiger partial charge in [0.1, 0.15) is 0 Å². The van der Waals surface area contributed by atoms with Crippen LogP contribution in [-0.4, -0.2) is 39.8 Å². The highest BCUT2D eigenvalue weighted by molar-refractivity contribution is 9.09. The van der Waals surface area contributed by atoms with Gasteiger partial charge in [0.05, 0.1) is 18.9 Å². The minimum atomic E-state index is -3.12. The summed E-state index contributed by atoms with van der Waals surface area (Å²) in [6, 6.07) is -0.185. The van der Waals surface area contributed by atoms with Crippen LogP contribution < -0.4 is 4.72 Å². The van der Waals surface area contributed by atoms with E-state index in [1.54, 1.807) is 0 Å². The van der Waals surface area contributed by atoms with Gasteiger partial charge in [-0.05, 0) is 0 Å². The summed E-state index contributed by atoms with van der Waals surface area (Å²) in [6.45, 7) is 0.373. The lowest BCUT2D eigenvalue weighted by molar-refractivity contribution is 0.182. The molecular formula is C5H12BrNO3S. The molecular weight excluding hydrogens is 234 g/mol. The quantitative estimate of drug-likeness (QED) is 0.692. The Balaban J connectivity index is 3.88. The largest absolute Gasteiger partial charge is 0.383 e. The average Bonchev–Trinajstić information content (AvgIpc) is 1.84. The van der Waals surface area contributed by atoms with E-state index in [0.717, 1.165) is 6.26 Å². The number of hydrogen-bond donors (Lipinski definition) is 1. The van der Waals surface area contributed by atoms with Gasteiger partial charge in [0.25, 0.3) is 0 Å². The predicted molar refractivity (Wildman–Crippen MR) is 47.4 cm³/mol. The molecule has 11 heavy (non-hydrogen) atoms. The van der Waals surface area contributed by atoms with Crippen molar-refractivity contribution in [3.05, 3.63) is 0 Å². The summed E-state index contributed by atoms with van der Waals surface area (Å²) in [5.41, 5.74) is 0. The molecule has 0 saturated carbocycles. The fourth-order valence-electron chi connectivity index (χ4n) is 0.614. The molecule has 68 valence electrons. The standard InChI is InChI=1S/C5H12BrNO3S/c1-10-4-5(3-6)7-11(2,8)9/h5,7H,3-4H2,1-2H3. The van der Waals surface area contributed by atoms with Gasteiger partial charge in [-0.1, -0.05) is 15.9 Å². The van der Waals surface area contributed by atoms with Gasteiger partial charge in [0.15, 0.2) is 0 Å². The second-order valence-electron chi connectivity index (χ2n) is 2.20. The lowest BCUT2D eigenvalue weighted by Gasteiger charge is -2.12. The third kappa shape index (κ3) is 6.74. The fraction of sp³-hybridized carbons (Fsp3) is 1.00. The van der Waals surface area contributed by atoms with Gasteiger partial charge in [-0.25, -0.2) is 13.1 Å². The number of halogens is 1. The monoisotopic (exact) mass is 245 g/mol. The highest BCUT2D eigenvalue weighted by Gasteiger charge is 2.11. The van der Waals surface area contributed by atoms with Crippen LogP contribution in [0, 0.1) is 0 Å². The van der Waals surface area contributed by atoms with E-state index in [1.807, 2.05) is 0 Å². The Morgan fingerprint density at radius 3 is 2.45 bits per heavy atom. The summed E-state index contributed by atoms with van der Waals surface area (Å²) >= 11 is 3.16. The van der Waals surface area contributed by atoms with Crippen LogP contribution in [0.5, 0.6) is 0 Å². The number of nitrogens with one attached hydrogen (secondary N) is 1. The van der Waals surface area contributed by atoms with E-state index in [9.17, 15) is 8.42 Å². The predicted octanol–water partition coefficient (Wildman–Crippen LogP) is -0.0545. The van der Waals surface area contributed by atoms with Crippen LogP contribution in [0.3, 0.4) is 0 Å². The minimum Gasteiger partial charge on any atom is -0.383 e. The van der Waals surface area contributed by atoms with Crippen LogP contribution in [0.15, 0.2) is 0 Å². The van der Waals surface area contributed by atoms with Gasteiger partial charge in [0.2, 0.25) is 10.0 Å². The summed E-state index contributed by atoms with van der Waals surface area (Å²) in [6.07, 6.45) is 1.12. The maximum Gasteiger partial charge on any atom is 0.209 e. The number of alkyl halides is 1. The minimum absolute atomic E-state index is 0.185. The molecule has 0 saturated heterocycles. The Morgan fingerprint density at radius 2 is 2.18 bits per heavy atom. The molecule has 0 spiro atoms. The smallest absolute Gasteiger partial charge is 0.209 e. The van der Waals surface area contributed by atoms with Crippen molar-refractivity contribution in [2.75, 3.05) is 25.3 Å². The summed E-state index contributed by atoms with van der Waals surface area (Å²) in [7, 11) is -1.59. The van der Waals surface area contributed by atoms with Crippen LogP contribution in [0.4, 0.5) is 0 Å². The number of sulfonamides is 1. The lowest BCUT2D eigenvalue weighted by atomic mass is 10.4. The molecule has 0 rings (SSSR count). The Hall–Kier alpha value is 0.350. The summed E-state index contributed by atoms with van der Waals surface area (Å²) in [4.78, 5) is 0. The molecule has 6 heteroatoms. The van der Waals surface area contributed by atoms with Crippen molar-refractivity contribution < 1.29 is 13.2 Å². The zero-order chi connectivity index (χ0) is 8.91. The van der Waals surface area contributed by atoms with E-state index in [0.29, 0.717) is 11.9 Å². The molecule has 1 atom stereocenters. The second kappa shape index (κ2) is 5.08. The number of hydrogen-bond acceptors (Lipinski definition) is 3. The molecule has 0 heterocycles. The molecule has 0 bridgehead atoms. The van der Waals surface area contributed by atoms with Crippen molar-refractivity contribution in [2.45, 2.75) is 6.04 Å². The zero-order valence-corrected chi connectivity index (χ0v) is 8.91. The molecule has 0 amide bonds. The van der Waals surface area contributed by atoms with Gasteiger partial charge in [-0.2, -0.15) is 0 Å². The molecule has 1 N–H and O–H groups in total. The highest BCUT2D eigenvalue weighted by Crippen LogP contribution is 1.93. The number of ether oxygens (including phenoxy) is 1. The van der Waals surface area contributed by atoms with Gasteiger partial charge in [0, 0.05) is 12.4 Å². The fourth-order valence-corrected chi connectivity index (χ4v) is 1.93. The van der Waals surface area contributed by atoms with Crippen molar-refractivity contribution in [3.8, 4) is 0 Å². The first-order chi connectivity index (χ1) is 4.99. The molecule has 0 aromatic carbocycles. The van der Waals surface area contributed by atoms with Gasteiger partial charge in [-0.3, -0.25) is 0 Å². The van der Waals surface area contributed by atoms with E-state index in [4.69, 9.17) is 4.74 Å². The Morgan fingerprint density at radius 1 is 1.64 bits per heavy atom. The molecule has 1 unspecified atom stereocenters. The van der Waals surface area contributed by atoms with Crippen LogP contribution in [0.25, 0.3) is 0 Å². The third-order valence-corrected chi connectivity index (χ3v) is 2.48. The number of rotatable bonds is 5. The van der Waals surface area contributed by atoms with Gasteiger partial charge in [-0.15, -0.1) is 0 Å². The van der Waals surface area contributed by atoms with E-state index in [2.05, 4.69) is 20.7 Å². The van der Waals surface area contributed by atoms with E-state index < -0.39 is 10.0 Å². The third-order valence-electron chi connectivity index (χ3n) is 0.935. The highest BCUT2D eigenvalue weighted by atomic mass is 79.9. The van der Waals surface area contributed by atoms with Crippen molar-refractivity contribution >= 4 is 26.0 Å². The molecule has 0 aliphatic carbocycles. The van der Waals surface area contributed by atoms with Crippen LogP contribution in [0.2, 0.25) is 0 Å². The normalized spacial score (nSPS) is 14.8. The topological polar surface area (TPSA) is 55.4 Å². The van der Waals surface area contributed by atoms with Crippen molar-refractivity contribution in [1.82, 2.24) is 4.72 Å². The molecule has 0 aromatic rings. The first kappa shape index (κ1) is 11.4. The average molecular weight is 246 g/mol. The van der Waals surface area contributed by atoms with Gasteiger partial charge >= 0.3 is 0 Å². The Bertz CT molecular complexity index is 192. The van der Waals surface area contributed by atoms with Crippen LogP contribution in [-0.2, 0) is 14.8 Å². The first-order valence-corrected chi connectivity index (χ1v) is 6.03. The van der Waals surface area contributed by atoms with E-state index in [1.165, 1.54) is 7.11 Å². The molecule has 0 aromatic heterocycles. The molecule has 0 radical (unpaired) electrons. The van der Waals surface area contributed by atoms with Crippen LogP contribution >= 0.6 is 15.9 Å². The molecule has 0 aliphatic rings. The Labute approximate surface area is 75.5 Å². The SMILES string of the molecule is COCC(CBr)NS(C)(=O)=O. The molecule has 4 nitrogen and oxygen atoms in total. The van der Waals surface area contributed by atoms with Crippen molar-refractivity contribution in [1.29, 1.82) is 0 Å². The van der Waals surface area contributed by atoms with Crippen LogP contribution in [0.1, 0.15) is 0 Å². The van der Waals surface area contributed by atoms with Crippen molar-refractivity contribution in [3.63, 3.8) is 0 Å².